The SMILES string of the molecule is CCCCCCCCCC(n1ccc(=NCCCCCCCC)cc1)n1ccc(=NCCCCCCCC)cc1. The predicted molar refractivity (Wildman–Crippen MR) is 174 cm³/mol. The van der Waals surface area contributed by atoms with Gasteiger partial charge in [-0.3, -0.25) is 9.98 Å². The van der Waals surface area contributed by atoms with Crippen LogP contribution in [0.1, 0.15) is 155 Å². The highest BCUT2D eigenvalue weighted by Gasteiger charge is 2.10. The van der Waals surface area contributed by atoms with Gasteiger partial charge in [-0.05, 0) is 49.9 Å². The van der Waals surface area contributed by atoms with E-state index in [9.17, 15) is 0 Å². The Labute approximate surface area is 247 Å². The molecule has 0 aromatic carbocycles. The fourth-order valence-electron chi connectivity index (χ4n) is 5.41. The van der Waals surface area contributed by atoms with Gasteiger partial charge in [-0.15, -0.1) is 0 Å². The summed E-state index contributed by atoms with van der Waals surface area (Å²) in [6.07, 6.45) is 35.5. The first kappa shape index (κ1) is 34.1. The van der Waals surface area contributed by atoms with Crippen molar-refractivity contribution in [1.82, 2.24) is 9.13 Å². The van der Waals surface area contributed by atoms with Crippen LogP contribution in [0.25, 0.3) is 0 Å². The van der Waals surface area contributed by atoms with Gasteiger partial charge in [-0.25, -0.2) is 0 Å². The summed E-state index contributed by atoms with van der Waals surface area (Å²) in [6, 6.07) is 8.78. The summed E-state index contributed by atoms with van der Waals surface area (Å²) in [7, 11) is 0. The van der Waals surface area contributed by atoms with Crippen molar-refractivity contribution in [2.45, 2.75) is 155 Å². The molecule has 0 aliphatic rings. The highest BCUT2D eigenvalue weighted by molar-refractivity contribution is 4.99. The Morgan fingerprint density at radius 1 is 0.450 bits per heavy atom. The second-order valence-corrected chi connectivity index (χ2v) is 11.7. The largest absolute Gasteiger partial charge is 0.333 e. The van der Waals surface area contributed by atoms with Gasteiger partial charge in [0.15, 0.2) is 0 Å². The fraction of sp³-hybridized carbons (Fsp3) is 0.722. The van der Waals surface area contributed by atoms with Crippen LogP contribution in [-0.2, 0) is 0 Å². The number of hydrogen-bond acceptors (Lipinski definition) is 2. The maximum Gasteiger partial charge on any atom is 0.109 e. The lowest BCUT2D eigenvalue weighted by Crippen LogP contribution is -2.20. The maximum atomic E-state index is 4.84. The molecular weight excluding hydrogens is 488 g/mol. The first-order valence-corrected chi connectivity index (χ1v) is 17.1. The van der Waals surface area contributed by atoms with Crippen LogP contribution in [0.5, 0.6) is 0 Å². The Morgan fingerprint density at radius 2 is 0.775 bits per heavy atom. The van der Waals surface area contributed by atoms with E-state index in [-0.39, 0.29) is 6.17 Å². The molecular formula is C36H62N4. The van der Waals surface area contributed by atoms with Crippen molar-refractivity contribution in [1.29, 1.82) is 0 Å². The fourth-order valence-corrected chi connectivity index (χ4v) is 5.41. The lowest BCUT2D eigenvalue weighted by molar-refractivity contribution is 0.378. The van der Waals surface area contributed by atoms with E-state index in [2.05, 4.69) is 79.0 Å². The summed E-state index contributed by atoms with van der Waals surface area (Å²) >= 11 is 0. The number of hydrogen-bond donors (Lipinski definition) is 0. The molecule has 4 heteroatoms. The maximum absolute atomic E-state index is 4.84. The van der Waals surface area contributed by atoms with Gasteiger partial charge < -0.3 is 9.13 Å². The van der Waals surface area contributed by atoms with Gasteiger partial charge >= 0.3 is 0 Å². The smallest absolute Gasteiger partial charge is 0.109 e. The zero-order chi connectivity index (χ0) is 28.5. The lowest BCUT2D eigenvalue weighted by atomic mass is 10.1. The number of rotatable bonds is 24. The molecule has 0 aliphatic heterocycles. The second-order valence-electron chi connectivity index (χ2n) is 11.7. The summed E-state index contributed by atoms with van der Waals surface area (Å²) in [5.41, 5.74) is 0. The molecule has 0 unspecified atom stereocenters. The molecule has 226 valence electrons. The van der Waals surface area contributed by atoms with Crippen LogP contribution in [-0.4, -0.2) is 22.2 Å². The van der Waals surface area contributed by atoms with Crippen molar-refractivity contribution in [3.8, 4) is 0 Å². The Bertz CT molecular complexity index is 874. The van der Waals surface area contributed by atoms with Crippen LogP contribution in [0.15, 0.2) is 59.0 Å². The molecule has 0 spiro atoms. The minimum absolute atomic E-state index is 0.288. The zero-order valence-electron chi connectivity index (χ0n) is 26.5. The van der Waals surface area contributed by atoms with Crippen molar-refractivity contribution in [3.05, 3.63) is 59.8 Å². The average molecular weight is 551 g/mol. The molecule has 2 heterocycles. The molecule has 2 aromatic heterocycles. The molecule has 0 N–H and O–H groups in total. The third kappa shape index (κ3) is 15.6. The van der Waals surface area contributed by atoms with E-state index in [0.29, 0.717) is 0 Å². The first-order valence-electron chi connectivity index (χ1n) is 17.1. The molecule has 0 amide bonds. The predicted octanol–water partition coefficient (Wildman–Crippen LogP) is 10.00. The minimum Gasteiger partial charge on any atom is -0.333 e. The normalized spacial score (nSPS) is 11.3. The van der Waals surface area contributed by atoms with Crippen LogP contribution in [0.3, 0.4) is 0 Å². The number of unbranched alkanes of at least 4 members (excludes halogenated alkanes) is 16. The van der Waals surface area contributed by atoms with Crippen LogP contribution >= 0.6 is 0 Å². The van der Waals surface area contributed by atoms with Crippen LogP contribution in [0.2, 0.25) is 0 Å². The Morgan fingerprint density at radius 3 is 1.15 bits per heavy atom. The van der Waals surface area contributed by atoms with Gasteiger partial charge in [-0.2, -0.15) is 0 Å². The van der Waals surface area contributed by atoms with Crippen molar-refractivity contribution in [2.75, 3.05) is 13.1 Å². The van der Waals surface area contributed by atoms with Gasteiger partial charge in [0.05, 0.1) is 10.7 Å². The number of aromatic nitrogens is 2. The van der Waals surface area contributed by atoms with E-state index in [4.69, 9.17) is 9.98 Å². The molecule has 0 fully saturated rings. The van der Waals surface area contributed by atoms with Crippen LogP contribution < -0.4 is 10.7 Å². The first-order chi connectivity index (χ1) is 19.8. The van der Waals surface area contributed by atoms with Gasteiger partial charge in [-0.1, -0.05) is 124 Å². The van der Waals surface area contributed by atoms with E-state index in [1.165, 1.54) is 122 Å². The highest BCUT2D eigenvalue weighted by atomic mass is 15.2. The quantitative estimate of drug-likeness (QED) is 0.117. The lowest BCUT2D eigenvalue weighted by Gasteiger charge is -2.24. The Balaban J connectivity index is 1.97. The molecule has 2 aromatic rings. The van der Waals surface area contributed by atoms with Crippen molar-refractivity contribution >= 4 is 0 Å². The van der Waals surface area contributed by atoms with Crippen molar-refractivity contribution in [3.63, 3.8) is 0 Å². The van der Waals surface area contributed by atoms with Crippen LogP contribution in [0.4, 0.5) is 0 Å². The van der Waals surface area contributed by atoms with Gasteiger partial charge in [0.2, 0.25) is 0 Å². The molecule has 0 saturated heterocycles. The standard InChI is InChI=1S/C36H62N4/c1-4-7-10-13-16-17-20-23-36(39-30-24-34(25-31-39)37-28-21-18-14-11-8-5-2)40-32-26-35(27-33-40)38-29-22-19-15-12-9-6-3/h24-27,30-33,36H,4-23,28-29H2,1-3H3. The molecule has 4 nitrogen and oxygen atoms in total. The molecule has 0 saturated carbocycles. The monoisotopic (exact) mass is 550 g/mol. The summed E-state index contributed by atoms with van der Waals surface area (Å²) < 4.78 is 4.74. The van der Waals surface area contributed by atoms with E-state index >= 15 is 0 Å². The van der Waals surface area contributed by atoms with Gasteiger partial charge in [0.1, 0.15) is 6.17 Å². The van der Waals surface area contributed by atoms with E-state index in [0.717, 1.165) is 30.2 Å². The second kappa shape index (κ2) is 23.6. The topological polar surface area (TPSA) is 34.6 Å². The summed E-state index contributed by atoms with van der Waals surface area (Å²) in [4.78, 5) is 9.69. The van der Waals surface area contributed by atoms with Crippen molar-refractivity contribution < 1.29 is 0 Å². The molecule has 0 radical (unpaired) electrons. The molecule has 40 heavy (non-hydrogen) atoms. The third-order valence-electron chi connectivity index (χ3n) is 8.04. The van der Waals surface area contributed by atoms with E-state index in [1.807, 2.05) is 0 Å². The summed E-state index contributed by atoms with van der Waals surface area (Å²) in [5.74, 6) is 0. The van der Waals surface area contributed by atoms with Gasteiger partial charge in [0, 0.05) is 37.9 Å². The summed E-state index contributed by atoms with van der Waals surface area (Å²) in [6.45, 7) is 8.72. The number of nitrogens with zero attached hydrogens (tertiary/aromatic N) is 4. The molecule has 0 atom stereocenters. The van der Waals surface area contributed by atoms with Crippen molar-refractivity contribution in [2.24, 2.45) is 9.98 Å². The molecule has 0 bridgehead atoms. The summed E-state index contributed by atoms with van der Waals surface area (Å²) in [5, 5.41) is 2.21. The van der Waals surface area contributed by atoms with E-state index in [1.54, 1.807) is 0 Å². The Hall–Kier alpha value is -2.10. The molecule has 2 rings (SSSR count). The third-order valence-corrected chi connectivity index (χ3v) is 8.04. The number of pyridine rings is 2. The highest BCUT2D eigenvalue weighted by Crippen LogP contribution is 2.19. The van der Waals surface area contributed by atoms with Crippen LogP contribution in [0, 0.1) is 0 Å². The Kier molecular flexibility index (Phi) is 20.1. The van der Waals surface area contributed by atoms with Gasteiger partial charge in [0.25, 0.3) is 0 Å². The van der Waals surface area contributed by atoms with E-state index < -0.39 is 0 Å². The average Bonchev–Trinajstić information content (AvgIpc) is 2.98. The molecule has 0 aliphatic carbocycles. The zero-order valence-corrected chi connectivity index (χ0v) is 26.5. The minimum atomic E-state index is 0.288.